The average molecular weight is 185 g/mol. The molecule has 0 spiro atoms. The first-order chi connectivity index (χ1) is 3.79. The number of rotatable bonds is 0. The van der Waals surface area contributed by atoms with Crippen molar-refractivity contribution in [3.63, 3.8) is 0 Å². The fourth-order valence-electron chi connectivity index (χ4n) is 0.536. The van der Waals surface area contributed by atoms with Crippen molar-refractivity contribution < 1.29 is 0 Å². The van der Waals surface area contributed by atoms with Gasteiger partial charge in [-0.05, 0) is 0 Å². The van der Waals surface area contributed by atoms with Gasteiger partial charge in [-0.3, -0.25) is 0 Å². The van der Waals surface area contributed by atoms with Crippen molar-refractivity contribution in [1.82, 2.24) is 0 Å². The van der Waals surface area contributed by atoms with E-state index in [0.29, 0.717) is 14.2 Å². The quantitative estimate of drug-likeness (QED) is 0.330. The Balaban J connectivity index is 2.19. The molecule has 1 heterocycles. The molecule has 1 aliphatic heterocycles. The van der Waals surface area contributed by atoms with Crippen molar-refractivity contribution >= 4 is 44.0 Å². The van der Waals surface area contributed by atoms with Gasteiger partial charge in [-0.15, -0.1) is 0 Å². The monoisotopic (exact) mass is 185 g/mol. The molecule has 0 nitrogen and oxygen atoms in total. The maximum absolute atomic E-state index is 4.36. The fourth-order valence-corrected chi connectivity index (χ4v) is 4.92. The van der Waals surface area contributed by atoms with Gasteiger partial charge in [0.15, 0.2) is 0 Å². The summed E-state index contributed by atoms with van der Waals surface area (Å²) in [6.07, 6.45) is 1.25. The Labute approximate surface area is 67.2 Å². The molecule has 0 aliphatic carbocycles. The molecule has 0 bridgehead atoms. The van der Waals surface area contributed by atoms with Crippen molar-refractivity contribution in [2.75, 3.05) is 11.5 Å². The smallest absolute Gasteiger partial charge is 0.133 e. The molecular formula is C4H9S4+. The third-order valence-corrected chi connectivity index (χ3v) is 6.33. The van der Waals surface area contributed by atoms with Crippen molar-refractivity contribution in [3.8, 4) is 0 Å². The summed E-state index contributed by atoms with van der Waals surface area (Å²) < 4.78 is 0. The van der Waals surface area contributed by atoms with E-state index in [1.807, 2.05) is 10.8 Å². The van der Waals surface area contributed by atoms with Crippen LogP contribution in [0.5, 0.6) is 0 Å². The summed E-state index contributed by atoms with van der Waals surface area (Å²) >= 11 is 8.71. The molecule has 0 N–H and O–H groups in total. The molecule has 1 saturated heterocycles. The predicted octanol–water partition coefficient (Wildman–Crippen LogP) is 1.80. The van der Waals surface area contributed by atoms with E-state index < -0.39 is 0 Å². The van der Waals surface area contributed by atoms with Gasteiger partial charge in [0.05, 0.1) is 17.4 Å². The molecular weight excluding hydrogens is 176 g/mol. The highest BCUT2D eigenvalue weighted by Gasteiger charge is 2.24. The second-order valence-corrected chi connectivity index (χ2v) is 8.08. The number of hydrogen-bond donors (Lipinski definition) is 2. The van der Waals surface area contributed by atoms with Gasteiger partial charge in [-0.1, -0.05) is 0 Å². The third kappa shape index (κ3) is 2.33. The average Bonchev–Trinajstić information content (AvgIpc) is 1.77. The topological polar surface area (TPSA) is 0 Å². The van der Waals surface area contributed by atoms with Crippen LogP contribution in [0.1, 0.15) is 6.42 Å². The highest BCUT2D eigenvalue weighted by molar-refractivity contribution is 9.02. The molecule has 48 valence electrons. The molecule has 0 aromatic carbocycles. The fraction of sp³-hybridized carbons (Fsp3) is 1.00. The van der Waals surface area contributed by atoms with Gasteiger partial charge >= 0.3 is 0 Å². The Morgan fingerprint density at radius 2 is 2.38 bits per heavy atom. The van der Waals surface area contributed by atoms with Crippen LogP contribution < -0.4 is 0 Å². The molecule has 2 unspecified atom stereocenters. The van der Waals surface area contributed by atoms with Gasteiger partial charge in [0.1, 0.15) is 25.5 Å². The minimum absolute atomic E-state index is 0.351. The normalized spacial score (nSPS) is 39.8. The van der Waals surface area contributed by atoms with Crippen LogP contribution in [0.4, 0.5) is 0 Å². The summed E-state index contributed by atoms with van der Waals surface area (Å²) in [5, 5.41) is 0.635. The van der Waals surface area contributed by atoms with E-state index in [2.05, 4.69) is 24.3 Å². The number of thiol groups is 2. The zero-order chi connectivity index (χ0) is 5.98. The highest BCUT2D eigenvalue weighted by Crippen LogP contribution is 2.30. The SMILES string of the molecule is SC1CC[S+](S)SC1. The predicted molar refractivity (Wildman–Crippen MR) is 51.1 cm³/mol. The Morgan fingerprint density at radius 1 is 1.62 bits per heavy atom. The maximum atomic E-state index is 4.36. The summed E-state index contributed by atoms with van der Waals surface area (Å²) in [5.74, 6) is 2.44. The minimum atomic E-state index is 0.351. The molecule has 8 heavy (non-hydrogen) atoms. The molecule has 0 aromatic rings. The largest absolute Gasteiger partial charge is 0.175 e. The Bertz CT molecular complexity index is 56.4. The Hall–Kier alpha value is 1.40. The van der Waals surface area contributed by atoms with E-state index in [4.69, 9.17) is 0 Å². The first kappa shape index (κ1) is 7.51. The molecule has 0 saturated carbocycles. The zero-order valence-corrected chi connectivity index (χ0v) is 7.83. The third-order valence-electron chi connectivity index (χ3n) is 1.02. The van der Waals surface area contributed by atoms with Gasteiger partial charge in [0, 0.05) is 11.7 Å². The lowest BCUT2D eigenvalue weighted by Gasteiger charge is -2.11. The summed E-state index contributed by atoms with van der Waals surface area (Å²) in [5.41, 5.74) is 0. The lowest BCUT2D eigenvalue weighted by Crippen LogP contribution is -2.15. The van der Waals surface area contributed by atoms with Gasteiger partial charge in [0.25, 0.3) is 0 Å². The standard InChI is InChI=1S/C4H8S4/c5-4-1-2-8(6)7-3-4/h4,6H,1-3H2/p+1. The van der Waals surface area contributed by atoms with Crippen molar-refractivity contribution in [2.45, 2.75) is 11.7 Å². The van der Waals surface area contributed by atoms with Gasteiger partial charge < -0.3 is 0 Å². The summed E-state index contributed by atoms with van der Waals surface area (Å²) in [4.78, 5) is 0. The lowest BCUT2D eigenvalue weighted by molar-refractivity contribution is 0.932. The molecule has 4 heteroatoms. The summed E-state index contributed by atoms with van der Waals surface area (Å²) in [7, 11) is 2.29. The molecule has 1 fully saturated rings. The van der Waals surface area contributed by atoms with E-state index >= 15 is 0 Å². The van der Waals surface area contributed by atoms with Crippen LogP contribution in [-0.4, -0.2) is 16.8 Å². The second-order valence-electron chi connectivity index (χ2n) is 1.75. The first-order valence-electron chi connectivity index (χ1n) is 2.50. The van der Waals surface area contributed by atoms with Crippen molar-refractivity contribution in [2.24, 2.45) is 0 Å². The van der Waals surface area contributed by atoms with E-state index in [1.165, 1.54) is 17.9 Å². The first-order valence-corrected chi connectivity index (χ1v) is 6.97. The van der Waals surface area contributed by atoms with Gasteiger partial charge in [-0.2, -0.15) is 12.6 Å². The van der Waals surface area contributed by atoms with E-state index in [-0.39, 0.29) is 0 Å². The molecule has 0 amide bonds. The van der Waals surface area contributed by atoms with E-state index in [1.54, 1.807) is 0 Å². The molecule has 1 rings (SSSR count). The lowest BCUT2D eigenvalue weighted by atomic mass is 10.4. The zero-order valence-electron chi connectivity index (χ0n) is 4.41. The highest BCUT2D eigenvalue weighted by atomic mass is 33.5. The second kappa shape index (κ2) is 3.54. The van der Waals surface area contributed by atoms with Crippen LogP contribution in [0, 0.1) is 0 Å². The Morgan fingerprint density at radius 3 is 2.75 bits per heavy atom. The molecule has 0 radical (unpaired) electrons. The van der Waals surface area contributed by atoms with E-state index in [9.17, 15) is 0 Å². The van der Waals surface area contributed by atoms with Gasteiger partial charge in [-0.25, -0.2) is 0 Å². The van der Waals surface area contributed by atoms with Crippen LogP contribution in [0.15, 0.2) is 0 Å². The van der Waals surface area contributed by atoms with Crippen LogP contribution in [0.3, 0.4) is 0 Å². The van der Waals surface area contributed by atoms with Crippen molar-refractivity contribution in [1.29, 1.82) is 0 Å². The molecule has 1 aliphatic rings. The van der Waals surface area contributed by atoms with Crippen LogP contribution in [0.25, 0.3) is 0 Å². The summed E-state index contributed by atoms with van der Waals surface area (Å²) in [6, 6.07) is 0. The van der Waals surface area contributed by atoms with Gasteiger partial charge in [0.2, 0.25) is 0 Å². The molecule has 2 atom stereocenters. The summed E-state index contributed by atoms with van der Waals surface area (Å²) in [6.45, 7) is 0. The van der Waals surface area contributed by atoms with Crippen LogP contribution >= 0.6 is 35.1 Å². The Kier molecular flexibility index (Phi) is 3.32. The van der Waals surface area contributed by atoms with Crippen LogP contribution in [-0.2, 0) is 8.96 Å². The minimum Gasteiger partial charge on any atom is -0.175 e. The van der Waals surface area contributed by atoms with E-state index in [0.717, 1.165) is 0 Å². The molecule has 0 aromatic heterocycles. The maximum Gasteiger partial charge on any atom is 0.133 e. The van der Waals surface area contributed by atoms with Crippen molar-refractivity contribution in [3.05, 3.63) is 0 Å². The van der Waals surface area contributed by atoms with Crippen LogP contribution in [0.2, 0.25) is 0 Å². The number of hydrogen-bond acceptors (Lipinski definition) is 3.